The van der Waals surface area contributed by atoms with Crippen molar-refractivity contribution in [3.63, 3.8) is 0 Å². The zero-order valence-corrected chi connectivity index (χ0v) is 16.2. The van der Waals surface area contributed by atoms with Crippen LogP contribution in [0.3, 0.4) is 0 Å². The fourth-order valence-electron chi connectivity index (χ4n) is 3.66. The normalized spacial score (nSPS) is 28.9. The summed E-state index contributed by atoms with van der Waals surface area (Å²) in [7, 11) is 0. The van der Waals surface area contributed by atoms with Gasteiger partial charge in [-0.1, -0.05) is 12.1 Å². The Morgan fingerprint density at radius 3 is 2.61 bits per heavy atom. The molecule has 2 unspecified atom stereocenters. The molecular formula is C17H20N4O6S. The number of hydrogen-bond donors (Lipinski definition) is 3. The first-order valence-corrected chi connectivity index (χ1v) is 9.33. The lowest BCUT2D eigenvalue weighted by Crippen LogP contribution is -2.78. The molecule has 2 heterocycles. The fraction of sp³-hybridized carbons (Fsp3) is 0.471. The van der Waals surface area contributed by atoms with Crippen LogP contribution < -0.4 is 11.1 Å². The number of hydrogen-bond acceptors (Lipinski definition) is 7. The molecule has 2 fully saturated rings. The summed E-state index contributed by atoms with van der Waals surface area (Å²) in [6.07, 6.45) is 0. The van der Waals surface area contributed by atoms with Gasteiger partial charge in [0.1, 0.15) is 23.0 Å². The summed E-state index contributed by atoms with van der Waals surface area (Å²) in [5, 5.41) is 22.5. The Morgan fingerprint density at radius 2 is 2.04 bits per heavy atom. The Bertz CT molecular complexity index is 890. The largest absolute Gasteiger partial charge is 0.480 e. The Hall–Kier alpha value is -2.66. The number of nitrogens with one attached hydrogen (secondary N) is 1. The van der Waals surface area contributed by atoms with Gasteiger partial charge in [0.15, 0.2) is 0 Å². The van der Waals surface area contributed by atoms with E-state index in [-0.39, 0.29) is 11.3 Å². The van der Waals surface area contributed by atoms with Gasteiger partial charge in [-0.05, 0) is 26.3 Å². The number of non-ortho nitro benzene ring substituents is 1. The number of carbonyl (C=O) groups excluding carboxylic acids is 2. The molecule has 0 radical (unpaired) electrons. The second-order valence-electron chi connectivity index (χ2n) is 7.55. The monoisotopic (exact) mass is 408 g/mol. The van der Waals surface area contributed by atoms with E-state index in [1.54, 1.807) is 13.8 Å². The maximum atomic E-state index is 12.7. The Kier molecular flexibility index (Phi) is 4.63. The SMILES string of the molecule is CC1(C)S[C@H]2N(C(=O)C2(C)NC(=O)C(N)c2cccc([N+](=O)[O-])c2)[C@H]1C(=O)O. The highest BCUT2D eigenvalue weighted by molar-refractivity contribution is 8.01. The minimum Gasteiger partial charge on any atom is -0.480 e. The highest BCUT2D eigenvalue weighted by Crippen LogP contribution is 2.54. The van der Waals surface area contributed by atoms with Crippen LogP contribution in [0.15, 0.2) is 24.3 Å². The van der Waals surface area contributed by atoms with Crippen molar-refractivity contribution in [3.8, 4) is 0 Å². The van der Waals surface area contributed by atoms with E-state index in [0.29, 0.717) is 0 Å². The van der Waals surface area contributed by atoms with Crippen LogP contribution in [0.2, 0.25) is 0 Å². The molecule has 0 aromatic heterocycles. The van der Waals surface area contributed by atoms with E-state index in [4.69, 9.17) is 5.73 Å². The quantitative estimate of drug-likeness (QED) is 0.364. The Balaban J connectivity index is 1.79. The molecule has 2 aliphatic rings. The van der Waals surface area contributed by atoms with Crippen LogP contribution >= 0.6 is 11.8 Å². The summed E-state index contributed by atoms with van der Waals surface area (Å²) in [5.74, 6) is -2.27. The number of thioether (sulfide) groups is 1. The molecule has 150 valence electrons. The maximum Gasteiger partial charge on any atom is 0.327 e. The van der Waals surface area contributed by atoms with Gasteiger partial charge in [0, 0.05) is 16.9 Å². The molecule has 3 rings (SSSR count). The van der Waals surface area contributed by atoms with Gasteiger partial charge in [-0.15, -0.1) is 11.8 Å². The van der Waals surface area contributed by atoms with Crippen LogP contribution in [-0.4, -0.2) is 54.4 Å². The molecule has 0 aliphatic carbocycles. The van der Waals surface area contributed by atoms with Crippen LogP contribution in [0.25, 0.3) is 0 Å². The lowest BCUT2D eigenvalue weighted by Gasteiger charge is -2.51. The number of nitro benzene ring substituents is 1. The number of carbonyl (C=O) groups is 3. The summed E-state index contributed by atoms with van der Waals surface area (Å²) in [5.41, 5.74) is 4.68. The van der Waals surface area contributed by atoms with Crippen molar-refractivity contribution in [2.24, 2.45) is 5.73 Å². The summed E-state index contributed by atoms with van der Waals surface area (Å²) < 4.78 is -0.725. The van der Waals surface area contributed by atoms with Gasteiger partial charge < -0.3 is 21.1 Å². The predicted molar refractivity (Wildman–Crippen MR) is 100 cm³/mol. The lowest BCUT2D eigenvalue weighted by atomic mass is 9.85. The van der Waals surface area contributed by atoms with Crippen molar-refractivity contribution >= 4 is 35.2 Å². The predicted octanol–water partition coefficient (Wildman–Crippen LogP) is 0.616. The maximum absolute atomic E-state index is 12.7. The standard InChI is InChI=1S/C17H20N4O6S/c1-16(2)11(13(23)24)20-14(25)17(3,15(20)28-16)19-12(22)10(18)8-5-4-6-9(7-8)21(26)27/h4-7,10-11,15H,18H2,1-3H3,(H,19,22)(H,23,24)/t10?,11-,15+,17?/m0/s1. The molecule has 4 atom stereocenters. The zero-order chi connectivity index (χ0) is 21.0. The molecule has 2 amide bonds. The van der Waals surface area contributed by atoms with Gasteiger partial charge in [0.25, 0.3) is 11.6 Å². The van der Waals surface area contributed by atoms with Crippen molar-refractivity contribution < 1.29 is 24.4 Å². The van der Waals surface area contributed by atoms with Crippen molar-refractivity contribution in [2.45, 2.75) is 48.5 Å². The zero-order valence-electron chi connectivity index (χ0n) is 15.4. The average Bonchev–Trinajstić information content (AvgIpc) is 2.90. The minimum atomic E-state index is -1.30. The first-order valence-electron chi connectivity index (χ1n) is 8.45. The van der Waals surface area contributed by atoms with Crippen LogP contribution in [-0.2, 0) is 14.4 Å². The van der Waals surface area contributed by atoms with Gasteiger partial charge in [0.05, 0.1) is 4.92 Å². The number of nitro groups is 1. The molecule has 11 heteroatoms. The molecule has 1 aromatic rings. The first-order chi connectivity index (χ1) is 12.9. The topological polar surface area (TPSA) is 156 Å². The lowest BCUT2D eigenvalue weighted by molar-refractivity contribution is -0.384. The van der Waals surface area contributed by atoms with E-state index >= 15 is 0 Å². The van der Waals surface area contributed by atoms with E-state index in [2.05, 4.69) is 5.32 Å². The number of β-lactam (4-membered cyclic amide) rings is 1. The first kappa shape index (κ1) is 20.1. The number of nitrogens with two attached hydrogens (primary N) is 1. The van der Waals surface area contributed by atoms with Crippen molar-refractivity contribution in [1.29, 1.82) is 0 Å². The molecule has 28 heavy (non-hydrogen) atoms. The van der Waals surface area contributed by atoms with Crippen molar-refractivity contribution in [3.05, 3.63) is 39.9 Å². The smallest absolute Gasteiger partial charge is 0.327 e. The van der Waals surface area contributed by atoms with E-state index in [1.165, 1.54) is 47.9 Å². The highest BCUT2D eigenvalue weighted by Gasteiger charge is 2.70. The van der Waals surface area contributed by atoms with Crippen LogP contribution in [0, 0.1) is 10.1 Å². The third-order valence-corrected chi connectivity index (χ3v) is 6.87. The summed E-state index contributed by atoms with van der Waals surface area (Å²) in [6, 6.07) is 3.19. The molecule has 1 aromatic carbocycles. The summed E-state index contributed by atoms with van der Waals surface area (Å²) in [6.45, 7) is 5.00. The van der Waals surface area contributed by atoms with E-state index < -0.39 is 50.5 Å². The Morgan fingerprint density at radius 1 is 1.39 bits per heavy atom. The summed E-state index contributed by atoms with van der Waals surface area (Å²) in [4.78, 5) is 48.5. The van der Waals surface area contributed by atoms with E-state index in [0.717, 1.165) is 0 Å². The van der Waals surface area contributed by atoms with Crippen LogP contribution in [0.1, 0.15) is 32.4 Å². The third kappa shape index (κ3) is 2.90. The average molecular weight is 408 g/mol. The second-order valence-corrected chi connectivity index (χ2v) is 9.28. The molecule has 2 saturated heterocycles. The van der Waals surface area contributed by atoms with E-state index in [9.17, 15) is 29.6 Å². The van der Waals surface area contributed by atoms with Crippen LogP contribution in [0.5, 0.6) is 0 Å². The number of nitrogens with zero attached hydrogens (tertiary/aromatic N) is 2. The Labute approximate surface area is 164 Å². The summed E-state index contributed by atoms with van der Waals surface area (Å²) >= 11 is 1.30. The number of fused-ring (bicyclic) bond motifs is 1. The second kappa shape index (κ2) is 6.45. The number of carboxylic acid groups (broad SMARTS) is 1. The third-order valence-electron chi connectivity index (χ3n) is 5.12. The number of rotatable bonds is 5. The number of benzene rings is 1. The molecular weight excluding hydrogens is 388 g/mol. The van der Waals surface area contributed by atoms with Gasteiger partial charge in [0.2, 0.25) is 5.91 Å². The molecule has 0 spiro atoms. The van der Waals surface area contributed by atoms with Crippen LogP contribution in [0.4, 0.5) is 5.69 Å². The van der Waals surface area contributed by atoms with Crippen molar-refractivity contribution in [1.82, 2.24) is 10.2 Å². The molecule has 4 N–H and O–H groups in total. The molecule has 0 saturated carbocycles. The minimum absolute atomic E-state index is 0.199. The van der Waals surface area contributed by atoms with Crippen molar-refractivity contribution in [2.75, 3.05) is 0 Å². The molecule has 10 nitrogen and oxygen atoms in total. The van der Waals surface area contributed by atoms with E-state index in [1.807, 2.05) is 0 Å². The number of aliphatic carboxylic acids is 1. The molecule has 2 aliphatic heterocycles. The number of carboxylic acids is 1. The number of amides is 2. The van der Waals surface area contributed by atoms with Gasteiger partial charge in [-0.25, -0.2) is 4.79 Å². The van der Waals surface area contributed by atoms with Gasteiger partial charge >= 0.3 is 5.97 Å². The highest BCUT2D eigenvalue weighted by atomic mass is 32.2. The molecule has 0 bridgehead atoms. The van der Waals surface area contributed by atoms with Gasteiger partial charge in [-0.3, -0.25) is 19.7 Å². The fourth-order valence-corrected chi connectivity index (χ4v) is 5.30. The van der Waals surface area contributed by atoms with Gasteiger partial charge in [-0.2, -0.15) is 0 Å².